The van der Waals surface area contributed by atoms with Crippen LogP contribution in [0.5, 0.6) is 0 Å². The van der Waals surface area contributed by atoms with Crippen molar-refractivity contribution < 1.29 is 4.74 Å². The largest absolute Gasteiger partial charge is 0.375 e. The third kappa shape index (κ3) is 2.13. The lowest BCUT2D eigenvalue weighted by molar-refractivity contribution is 0.0277. The molecule has 3 heterocycles. The monoisotopic (exact) mass is 233 g/mol. The van der Waals surface area contributed by atoms with Crippen molar-refractivity contribution in [1.29, 1.82) is 0 Å². The van der Waals surface area contributed by atoms with Crippen molar-refractivity contribution in [2.24, 2.45) is 0 Å². The van der Waals surface area contributed by atoms with Crippen molar-refractivity contribution in [2.75, 3.05) is 19.7 Å². The van der Waals surface area contributed by atoms with Gasteiger partial charge < -0.3 is 10.1 Å². The molecule has 90 valence electrons. The summed E-state index contributed by atoms with van der Waals surface area (Å²) in [4.78, 5) is 0. The van der Waals surface area contributed by atoms with E-state index in [0.717, 1.165) is 43.3 Å². The summed E-state index contributed by atoms with van der Waals surface area (Å²) in [6, 6.07) is 3.87. The number of fused-ring (bicyclic) bond motifs is 1. The molecule has 0 bridgehead atoms. The fourth-order valence-electron chi connectivity index (χ4n) is 2.01. The molecule has 0 saturated carbocycles. The maximum Gasteiger partial charge on any atom is 0.177 e. The first-order chi connectivity index (χ1) is 8.33. The Morgan fingerprint density at radius 3 is 3.24 bits per heavy atom. The number of aromatic nitrogens is 4. The van der Waals surface area contributed by atoms with Crippen LogP contribution in [-0.2, 0) is 11.2 Å². The average Bonchev–Trinajstić information content (AvgIpc) is 2.73. The first-order valence-electron chi connectivity index (χ1n) is 5.83. The molecule has 1 aliphatic heterocycles. The van der Waals surface area contributed by atoms with Gasteiger partial charge in [0.15, 0.2) is 11.5 Å². The predicted octanol–water partition coefficient (Wildman–Crippen LogP) is -0.0364. The van der Waals surface area contributed by atoms with Crippen molar-refractivity contribution in [3.63, 3.8) is 0 Å². The topological polar surface area (TPSA) is 64.3 Å². The Balaban J connectivity index is 1.86. The van der Waals surface area contributed by atoms with Crippen LogP contribution in [0, 0.1) is 6.92 Å². The number of ether oxygens (including phenoxy) is 1. The minimum atomic E-state index is 0.165. The van der Waals surface area contributed by atoms with Crippen LogP contribution >= 0.6 is 0 Å². The molecular weight excluding hydrogens is 218 g/mol. The lowest BCUT2D eigenvalue weighted by Gasteiger charge is -2.22. The van der Waals surface area contributed by atoms with Gasteiger partial charge in [0.25, 0.3) is 0 Å². The number of nitrogens with one attached hydrogen (secondary N) is 1. The first-order valence-corrected chi connectivity index (χ1v) is 5.83. The minimum absolute atomic E-state index is 0.165. The molecule has 1 aliphatic rings. The summed E-state index contributed by atoms with van der Waals surface area (Å²) < 4.78 is 7.46. The van der Waals surface area contributed by atoms with Gasteiger partial charge in [-0.15, -0.1) is 10.2 Å². The van der Waals surface area contributed by atoms with Crippen LogP contribution in [0.4, 0.5) is 0 Å². The van der Waals surface area contributed by atoms with Gasteiger partial charge in [-0.25, -0.2) is 0 Å². The number of aryl methyl sites for hydroxylation is 1. The second-order valence-electron chi connectivity index (χ2n) is 4.26. The third-order valence-corrected chi connectivity index (χ3v) is 2.88. The Morgan fingerprint density at radius 2 is 2.41 bits per heavy atom. The van der Waals surface area contributed by atoms with E-state index in [2.05, 4.69) is 20.6 Å². The molecule has 1 N–H and O–H groups in total. The molecular formula is C11H15N5O. The Hall–Kier alpha value is -1.53. The Bertz CT molecular complexity index is 518. The van der Waals surface area contributed by atoms with Crippen LogP contribution in [0.25, 0.3) is 5.65 Å². The molecule has 0 amide bonds. The molecule has 1 unspecified atom stereocenters. The average molecular weight is 233 g/mol. The molecule has 1 atom stereocenters. The highest BCUT2D eigenvalue weighted by Crippen LogP contribution is 2.08. The number of rotatable bonds is 2. The summed E-state index contributed by atoms with van der Waals surface area (Å²) in [5.74, 6) is 0.859. The molecule has 2 aromatic heterocycles. The zero-order valence-corrected chi connectivity index (χ0v) is 9.76. The number of hydrogen-bond donors (Lipinski definition) is 1. The Kier molecular flexibility index (Phi) is 2.74. The zero-order valence-electron chi connectivity index (χ0n) is 9.76. The summed E-state index contributed by atoms with van der Waals surface area (Å²) in [5, 5.41) is 16.0. The summed E-state index contributed by atoms with van der Waals surface area (Å²) in [6.07, 6.45) is 0.906. The molecule has 0 aliphatic carbocycles. The van der Waals surface area contributed by atoms with E-state index in [1.54, 1.807) is 4.52 Å². The van der Waals surface area contributed by atoms with E-state index in [9.17, 15) is 0 Å². The van der Waals surface area contributed by atoms with E-state index < -0.39 is 0 Å². The fourth-order valence-corrected chi connectivity index (χ4v) is 2.01. The van der Waals surface area contributed by atoms with Crippen molar-refractivity contribution >= 4 is 5.65 Å². The molecule has 3 rings (SSSR count). The first kappa shape index (κ1) is 10.6. The molecule has 6 heteroatoms. The maximum atomic E-state index is 5.66. The standard InChI is InChI=1S/C11H15N5O/c1-8-2-3-10-13-14-11(16(10)15-8)6-9-7-12-4-5-17-9/h2-3,9,12H,4-7H2,1H3. The molecule has 6 nitrogen and oxygen atoms in total. The third-order valence-electron chi connectivity index (χ3n) is 2.88. The fraction of sp³-hybridized carbons (Fsp3) is 0.545. The molecule has 17 heavy (non-hydrogen) atoms. The van der Waals surface area contributed by atoms with Crippen LogP contribution in [0.15, 0.2) is 12.1 Å². The van der Waals surface area contributed by atoms with Crippen LogP contribution in [-0.4, -0.2) is 45.6 Å². The smallest absolute Gasteiger partial charge is 0.177 e. The number of hydrogen-bond acceptors (Lipinski definition) is 5. The van der Waals surface area contributed by atoms with Crippen molar-refractivity contribution in [3.05, 3.63) is 23.7 Å². The molecule has 2 aromatic rings. The Labute approximate surface area is 99.0 Å². The second-order valence-corrected chi connectivity index (χ2v) is 4.26. The van der Waals surface area contributed by atoms with Crippen LogP contribution in [0.3, 0.4) is 0 Å². The van der Waals surface area contributed by atoms with Crippen molar-refractivity contribution in [3.8, 4) is 0 Å². The van der Waals surface area contributed by atoms with Crippen molar-refractivity contribution in [1.82, 2.24) is 25.1 Å². The van der Waals surface area contributed by atoms with Gasteiger partial charge >= 0.3 is 0 Å². The molecule has 1 saturated heterocycles. The molecule has 0 aromatic carbocycles. The lowest BCUT2D eigenvalue weighted by Crippen LogP contribution is -2.40. The summed E-state index contributed by atoms with van der Waals surface area (Å²) in [5.41, 5.74) is 1.75. The highest BCUT2D eigenvalue weighted by molar-refractivity contribution is 5.36. The van der Waals surface area contributed by atoms with Gasteiger partial charge in [0, 0.05) is 19.5 Å². The summed E-state index contributed by atoms with van der Waals surface area (Å²) in [6.45, 7) is 4.50. The van der Waals surface area contributed by atoms with E-state index in [1.807, 2.05) is 19.1 Å². The van der Waals surface area contributed by atoms with Gasteiger partial charge in [-0.05, 0) is 19.1 Å². The zero-order chi connectivity index (χ0) is 11.7. The summed E-state index contributed by atoms with van der Waals surface area (Å²) in [7, 11) is 0. The highest BCUT2D eigenvalue weighted by Gasteiger charge is 2.17. The van der Waals surface area contributed by atoms with Crippen molar-refractivity contribution in [2.45, 2.75) is 19.4 Å². The van der Waals surface area contributed by atoms with E-state index in [4.69, 9.17) is 4.74 Å². The Morgan fingerprint density at radius 1 is 1.47 bits per heavy atom. The van der Waals surface area contributed by atoms with Crippen LogP contribution in [0.1, 0.15) is 11.5 Å². The van der Waals surface area contributed by atoms with Gasteiger partial charge in [-0.1, -0.05) is 0 Å². The SMILES string of the molecule is Cc1ccc2nnc(CC3CNCCO3)n2n1. The number of nitrogens with zero attached hydrogens (tertiary/aromatic N) is 4. The normalized spacial score (nSPS) is 20.9. The highest BCUT2D eigenvalue weighted by atomic mass is 16.5. The van der Waals surface area contributed by atoms with Gasteiger partial charge in [0.2, 0.25) is 0 Å². The summed E-state index contributed by atoms with van der Waals surface area (Å²) >= 11 is 0. The van der Waals surface area contributed by atoms with E-state index in [0.29, 0.717) is 0 Å². The quantitative estimate of drug-likeness (QED) is 0.788. The van der Waals surface area contributed by atoms with E-state index in [-0.39, 0.29) is 6.10 Å². The van der Waals surface area contributed by atoms with Gasteiger partial charge in [-0.2, -0.15) is 9.61 Å². The van der Waals surface area contributed by atoms with Crippen LogP contribution < -0.4 is 5.32 Å². The number of morpholine rings is 1. The minimum Gasteiger partial charge on any atom is -0.375 e. The molecule has 0 radical (unpaired) electrons. The predicted molar refractivity (Wildman–Crippen MR) is 61.8 cm³/mol. The maximum absolute atomic E-state index is 5.66. The lowest BCUT2D eigenvalue weighted by atomic mass is 10.2. The molecule has 0 spiro atoms. The van der Waals surface area contributed by atoms with Gasteiger partial charge in [-0.3, -0.25) is 0 Å². The van der Waals surface area contributed by atoms with Crippen LogP contribution in [0.2, 0.25) is 0 Å². The van der Waals surface area contributed by atoms with Gasteiger partial charge in [0.05, 0.1) is 18.4 Å². The van der Waals surface area contributed by atoms with E-state index >= 15 is 0 Å². The second kappa shape index (κ2) is 4.38. The molecule has 1 fully saturated rings. The van der Waals surface area contributed by atoms with Gasteiger partial charge in [0.1, 0.15) is 0 Å². The van der Waals surface area contributed by atoms with E-state index in [1.165, 1.54) is 0 Å².